The number of fused-ring (bicyclic) bond motifs is 1. The molecule has 0 saturated carbocycles. The summed E-state index contributed by atoms with van der Waals surface area (Å²) in [7, 11) is 0. The van der Waals surface area contributed by atoms with Crippen molar-refractivity contribution in [2.45, 2.75) is 0 Å². The van der Waals surface area contributed by atoms with Gasteiger partial charge >= 0.3 is 0 Å². The summed E-state index contributed by atoms with van der Waals surface area (Å²) in [5, 5.41) is 12.4. The molecule has 1 fully saturated rings. The largest absolute Gasteiger partial charge is 0.352 e. The van der Waals surface area contributed by atoms with Gasteiger partial charge in [-0.25, -0.2) is 0 Å². The number of amides is 1. The van der Waals surface area contributed by atoms with Gasteiger partial charge in [-0.3, -0.25) is 9.78 Å². The number of carbonyl (C=O) groups is 1. The van der Waals surface area contributed by atoms with Gasteiger partial charge < -0.3 is 15.1 Å². The Bertz CT molecular complexity index is 888. The molecule has 1 aliphatic rings. The van der Waals surface area contributed by atoms with Gasteiger partial charge in [-0.1, -0.05) is 18.2 Å². The van der Waals surface area contributed by atoms with Crippen molar-refractivity contribution in [1.82, 2.24) is 25.1 Å². The third-order valence-corrected chi connectivity index (χ3v) is 4.21. The number of para-hydroxylation sites is 1. The Morgan fingerprint density at radius 3 is 2.76 bits per heavy atom. The van der Waals surface area contributed by atoms with E-state index in [0.717, 1.165) is 41.9 Å². The zero-order valence-electron chi connectivity index (χ0n) is 13.5. The average molecular weight is 335 g/mol. The lowest BCUT2D eigenvalue weighted by molar-refractivity contribution is -0.118. The molecule has 3 heterocycles. The number of benzene rings is 1. The van der Waals surface area contributed by atoms with Crippen LogP contribution in [-0.4, -0.2) is 57.7 Å². The fourth-order valence-corrected chi connectivity index (χ4v) is 2.88. The van der Waals surface area contributed by atoms with Crippen LogP contribution in [0.25, 0.3) is 10.9 Å². The first-order valence-electron chi connectivity index (χ1n) is 8.08. The van der Waals surface area contributed by atoms with Gasteiger partial charge in [0.1, 0.15) is 0 Å². The number of hydrogen-bond donors (Lipinski definition) is 1. The summed E-state index contributed by atoms with van der Waals surface area (Å²) in [6, 6.07) is 9.82. The summed E-state index contributed by atoms with van der Waals surface area (Å²) < 4.78 is 0. The van der Waals surface area contributed by atoms with Crippen molar-refractivity contribution in [1.29, 1.82) is 0 Å². The average Bonchev–Trinajstić information content (AvgIpc) is 2.69. The van der Waals surface area contributed by atoms with Gasteiger partial charge in [0.25, 0.3) is 0 Å². The van der Waals surface area contributed by atoms with E-state index < -0.39 is 0 Å². The molecule has 1 amide bonds. The predicted molar refractivity (Wildman–Crippen MR) is 94.7 cm³/mol. The molecule has 25 heavy (non-hydrogen) atoms. The van der Waals surface area contributed by atoms with Gasteiger partial charge in [-0.15, -0.1) is 5.10 Å². The molecule has 2 aromatic heterocycles. The maximum absolute atomic E-state index is 10.8. The van der Waals surface area contributed by atoms with Crippen molar-refractivity contribution in [2.75, 3.05) is 36.4 Å². The molecular formula is C17H17N7O. The molecule has 0 bridgehead atoms. The van der Waals surface area contributed by atoms with Gasteiger partial charge in [-0.2, -0.15) is 10.1 Å². The Balaban J connectivity index is 1.56. The molecule has 3 aromatic rings. The summed E-state index contributed by atoms with van der Waals surface area (Å²) in [4.78, 5) is 23.7. The minimum atomic E-state index is 0.425. The van der Waals surface area contributed by atoms with Gasteiger partial charge in [0, 0.05) is 37.8 Å². The van der Waals surface area contributed by atoms with E-state index in [1.54, 1.807) is 17.3 Å². The van der Waals surface area contributed by atoms with Gasteiger partial charge in [0.2, 0.25) is 12.4 Å². The fraction of sp³-hybridized carbons (Fsp3) is 0.235. The topological polar surface area (TPSA) is 87.1 Å². The van der Waals surface area contributed by atoms with Crippen LogP contribution in [-0.2, 0) is 4.79 Å². The molecule has 0 atom stereocenters. The molecule has 1 saturated heterocycles. The molecule has 0 aliphatic carbocycles. The van der Waals surface area contributed by atoms with E-state index in [1.165, 1.54) is 0 Å². The van der Waals surface area contributed by atoms with Crippen LogP contribution in [0.5, 0.6) is 0 Å². The quantitative estimate of drug-likeness (QED) is 0.722. The third-order valence-electron chi connectivity index (χ3n) is 4.21. The highest BCUT2D eigenvalue weighted by Crippen LogP contribution is 2.23. The number of piperazine rings is 1. The molecule has 0 unspecified atom stereocenters. The van der Waals surface area contributed by atoms with E-state index in [9.17, 15) is 4.79 Å². The normalized spacial score (nSPS) is 14.6. The zero-order chi connectivity index (χ0) is 17.1. The van der Waals surface area contributed by atoms with Crippen LogP contribution >= 0.6 is 0 Å². The number of aromatic nitrogens is 4. The number of rotatable bonds is 4. The maximum atomic E-state index is 10.8. The standard InChI is InChI=1S/C17H17N7O/c25-12-23-7-9-24(10-8-23)15-11-19-22-17(21-15)20-14-5-1-3-13-4-2-6-18-16(13)14/h1-6,11-12H,7-10H2,(H,20,21,22). The van der Waals surface area contributed by atoms with Crippen molar-refractivity contribution >= 4 is 34.8 Å². The second-order valence-electron chi connectivity index (χ2n) is 5.77. The number of hydrogen-bond acceptors (Lipinski definition) is 7. The first-order valence-corrected chi connectivity index (χ1v) is 8.08. The lowest BCUT2D eigenvalue weighted by Crippen LogP contribution is -2.46. The lowest BCUT2D eigenvalue weighted by atomic mass is 10.2. The van der Waals surface area contributed by atoms with Crippen LogP contribution in [0.4, 0.5) is 17.5 Å². The molecule has 8 nitrogen and oxygen atoms in total. The van der Waals surface area contributed by atoms with E-state index in [0.29, 0.717) is 19.0 Å². The van der Waals surface area contributed by atoms with Crippen molar-refractivity contribution in [3.05, 3.63) is 42.7 Å². The van der Waals surface area contributed by atoms with E-state index >= 15 is 0 Å². The highest BCUT2D eigenvalue weighted by atomic mass is 16.1. The minimum Gasteiger partial charge on any atom is -0.352 e. The zero-order valence-corrected chi connectivity index (χ0v) is 13.5. The molecule has 1 N–H and O–H groups in total. The monoisotopic (exact) mass is 335 g/mol. The molecule has 0 radical (unpaired) electrons. The van der Waals surface area contributed by atoms with Gasteiger partial charge in [0.15, 0.2) is 5.82 Å². The smallest absolute Gasteiger partial charge is 0.249 e. The molecule has 126 valence electrons. The number of nitrogens with one attached hydrogen (secondary N) is 1. The second-order valence-corrected chi connectivity index (χ2v) is 5.77. The summed E-state index contributed by atoms with van der Waals surface area (Å²) >= 11 is 0. The van der Waals surface area contributed by atoms with E-state index in [1.807, 2.05) is 30.3 Å². The summed E-state index contributed by atoms with van der Waals surface area (Å²) in [5.41, 5.74) is 1.70. The lowest BCUT2D eigenvalue weighted by Gasteiger charge is -2.33. The molecule has 8 heteroatoms. The highest BCUT2D eigenvalue weighted by molar-refractivity contribution is 5.91. The second kappa shape index (κ2) is 6.68. The number of anilines is 3. The Morgan fingerprint density at radius 1 is 1.08 bits per heavy atom. The van der Waals surface area contributed by atoms with E-state index in [4.69, 9.17) is 0 Å². The number of carbonyl (C=O) groups excluding carboxylic acids is 1. The highest BCUT2D eigenvalue weighted by Gasteiger charge is 2.17. The Morgan fingerprint density at radius 2 is 1.92 bits per heavy atom. The first-order chi connectivity index (χ1) is 12.3. The van der Waals surface area contributed by atoms with E-state index in [-0.39, 0.29) is 0 Å². The fourth-order valence-electron chi connectivity index (χ4n) is 2.88. The number of nitrogens with zero attached hydrogens (tertiary/aromatic N) is 6. The van der Waals surface area contributed by atoms with Crippen LogP contribution in [0.15, 0.2) is 42.7 Å². The third kappa shape index (κ3) is 3.18. The minimum absolute atomic E-state index is 0.425. The van der Waals surface area contributed by atoms with Crippen molar-refractivity contribution in [2.24, 2.45) is 0 Å². The molecule has 1 aromatic carbocycles. The van der Waals surface area contributed by atoms with Crippen LogP contribution in [0.2, 0.25) is 0 Å². The number of pyridine rings is 1. The molecule has 0 spiro atoms. The van der Waals surface area contributed by atoms with Crippen molar-refractivity contribution in [3.8, 4) is 0 Å². The van der Waals surface area contributed by atoms with Crippen molar-refractivity contribution in [3.63, 3.8) is 0 Å². The molecular weight excluding hydrogens is 318 g/mol. The summed E-state index contributed by atoms with van der Waals surface area (Å²) in [5.74, 6) is 1.17. The summed E-state index contributed by atoms with van der Waals surface area (Å²) in [6.07, 6.45) is 4.29. The van der Waals surface area contributed by atoms with Crippen LogP contribution in [0.1, 0.15) is 0 Å². The van der Waals surface area contributed by atoms with Crippen LogP contribution in [0, 0.1) is 0 Å². The SMILES string of the molecule is O=CN1CCN(c2cnnc(Nc3cccc4cccnc34)n2)CC1. The molecule has 1 aliphatic heterocycles. The van der Waals surface area contributed by atoms with E-state index in [2.05, 4.69) is 30.4 Å². The summed E-state index contributed by atoms with van der Waals surface area (Å²) in [6.45, 7) is 2.83. The molecule has 4 rings (SSSR count). The Kier molecular flexibility index (Phi) is 4.07. The Hall–Kier alpha value is -3.29. The maximum Gasteiger partial charge on any atom is 0.249 e. The van der Waals surface area contributed by atoms with Gasteiger partial charge in [-0.05, 0) is 12.1 Å². The van der Waals surface area contributed by atoms with Crippen LogP contribution < -0.4 is 10.2 Å². The van der Waals surface area contributed by atoms with Gasteiger partial charge in [0.05, 0.1) is 17.4 Å². The Labute approximate surface area is 144 Å². The predicted octanol–water partition coefficient (Wildman–Crippen LogP) is 1.44. The first kappa shape index (κ1) is 15.3. The van der Waals surface area contributed by atoms with Crippen LogP contribution in [0.3, 0.4) is 0 Å². The van der Waals surface area contributed by atoms with Crippen molar-refractivity contribution < 1.29 is 4.79 Å².